The van der Waals surface area contributed by atoms with E-state index in [-0.39, 0.29) is 35.4 Å². The third-order valence-corrected chi connectivity index (χ3v) is 4.31. The molecule has 6 heteroatoms. The minimum Gasteiger partial charge on any atom is -0.465 e. The summed E-state index contributed by atoms with van der Waals surface area (Å²) in [5, 5.41) is 6.68. The van der Waals surface area contributed by atoms with Gasteiger partial charge in [-0.2, -0.15) is 0 Å². The smallest absolute Gasteiger partial charge is 0.337 e. The minimum atomic E-state index is -0.329. The molecule has 0 aliphatic carbocycles. The van der Waals surface area contributed by atoms with Crippen molar-refractivity contribution in [2.24, 2.45) is 4.99 Å². The number of ether oxygens (including phenoxy) is 1. The van der Waals surface area contributed by atoms with Gasteiger partial charge in [0.25, 0.3) is 0 Å². The number of carbonyl (C=O) groups excluding carboxylic acids is 1. The zero-order chi connectivity index (χ0) is 19.0. The standard InChI is InChI=1S/C21H27N3O2.HI/c1-21(2,18-8-6-5-7-9-18)15-24-20(22-3)23-14-16-10-12-17(13-11-16)19(25)26-4;/h5-13H,14-15H2,1-4H3,(H2,22,23,24);1H. The van der Waals surface area contributed by atoms with Crippen LogP contribution in [-0.4, -0.2) is 32.6 Å². The lowest BCUT2D eigenvalue weighted by molar-refractivity contribution is 0.0600. The Morgan fingerprint density at radius 1 is 1.04 bits per heavy atom. The quantitative estimate of drug-likeness (QED) is 0.286. The topological polar surface area (TPSA) is 62.7 Å². The molecular weight excluding hydrogens is 453 g/mol. The highest BCUT2D eigenvalue weighted by Gasteiger charge is 2.20. The molecule has 2 N–H and O–H groups in total. The monoisotopic (exact) mass is 481 g/mol. The second-order valence-electron chi connectivity index (χ2n) is 6.72. The second-order valence-corrected chi connectivity index (χ2v) is 6.72. The summed E-state index contributed by atoms with van der Waals surface area (Å²) in [5.74, 6) is 0.413. The third kappa shape index (κ3) is 6.86. The summed E-state index contributed by atoms with van der Waals surface area (Å²) in [6.45, 7) is 5.78. The van der Waals surface area contributed by atoms with E-state index in [4.69, 9.17) is 4.74 Å². The van der Waals surface area contributed by atoms with Crippen LogP contribution >= 0.6 is 24.0 Å². The summed E-state index contributed by atoms with van der Waals surface area (Å²) in [5.41, 5.74) is 2.87. The molecule has 5 nitrogen and oxygen atoms in total. The summed E-state index contributed by atoms with van der Waals surface area (Å²) < 4.78 is 4.71. The van der Waals surface area contributed by atoms with Gasteiger partial charge in [-0.3, -0.25) is 4.99 Å². The maximum atomic E-state index is 11.5. The predicted molar refractivity (Wildman–Crippen MR) is 121 cm³/mol. The van der Waals surface area contributed by atoms with E-state index in [0.29, 0.717) is 12.1 Å². The van der Waals surface area contributed by atoms with Crippen LogP contribution in [0.4, 0.5) is 0 Å². The van der Waals surface area contributed by atoms with E-state index in [1.807, 2.05) is 18.2 Å². The molecule has 0 spiro atoms. The fourth-order valence-electron chi connectivity index (χ4n) is 2.58. The zero-order valence-corrected chi connectivity index (χ0v) is 18.6. The van der Waals surface area contributed by atoms with Crippen LogP contribution in [0.1, 0.15) is 35.3 Å². The van der Waals surface area contributed by atoms with E-state index < -0.39 is 0 Å². The SMILES string of the molecule is CN=C(NCc1ccc(C(=O)OC)cc1)NCC(C)(C)c1ccccc1.I. The van der Waals surface area contributed by atoms with Crippen LogP contribution in [0.15, 0.2) is 59.6 Å². The van der Waals surface area contributed by atoms with Crippen molar-refractivity contribution in [3.8, 4) is 0 Å². The van der Waals surface area contributed by atoms with Gasteiger partial charge in [-0.05, 0) is 23.3 Å². The highest BCUT2D eigenvalue weighted by molar-refractivity contribution is 14.0. The maximum absolute atomic E-state index is 11.5. The predicted octanol–water partition coefficient (Wildman–Crippen LogP) is 3.73. The molecule has 0 saturated heterocycles. The molecule has 0 unspecified atom stereocenters. The van der Waals surface area contributed by atoms with Crippen molar-refractivity contribution >= 4 is 35.9 Å². The molecule has 0 heterocycles. The van der Waals surface area contributed by atoms with Crippen LogP contribution in [-0.2, 0) is 16.7 Å². The van der Waals surface area contributed by atoms with Gasteiger partial charge in [0.2, 0.25) is 0 Å². The van der Waals surface area contributed by atoms with Crippen molar-refractivity contribution in [2.45, 2.75) is 25.8 Å². The molecule has 0 radical (unpaired) electrons. The maximum Gasteiger partial charge on any atom is 0.337 e. The first-order chi connectivity index (χ1) is 12.5. The lowest BCUT2D eigenvalue weighted by Gasteiger charge is -2.26. The van der Waals surface area contributed by atoms with Gasteiger partial charge >= 0.3 is 5.97 Å². The number of hydrogen-bond donors (Lipinski definition) is 2. The number of guanidine groups is 1. The number of esters is 1. The Hall–Kier alpha value is -2.09. The van der Waals surface area contributed by atoms with Gasteiger partial charge in [0.1, 0.15) is 0 Å². The number of benzene rings is 2. The van der Waals surface area contributed by atoms with E-state index in [1.165, 1.54) is 12.7 Å². The first kappa shape index (κ1) is 23.0. The Morgan fingerprint density at radius 2 is 1.67 bits per heavy atom. The van der Waals surface area contributed by atoms with Crippen LogP contribution in [0.25, 0.3) is 0 Å². The molecule has 0 bridgehead atoms. The zero-order valence-electron chi connectivity index (χ0n) is 16.3. The molecule has 0 fully saturated rings. The molecule has 0 atom stereocenters. The molecule has 0 aliphatic heterocycles. The van der Waals surface area contributed by atoms with Gasteiger partial charge < -0.3 is 15.4 Å². The minimum absolute atomic E-state index is 0. The second kappa shape index (κ2) is 10.9. The fraction of sp³-hybridized carbons (Fsp3) is 0.333. The molecule has 2 rings (SSSR count). The van der Waals surface area contributed by atoms with Crippen molar-refractivity contribution in [1.82, 2.24) is 10.6 Å². The van der Waals surface area contributed by atoms with E-state index in [0.717, 1.165) is 18.1 Å². The van der Waals surface area contributed by atoms with Gasteiger partial charge in [-0.1, -0.05) is 56.3 Å². The normalized spacial score (nSPS) is 11.3. The molecule has 0 saturated carbocycles. The van der Waals surface area contributed by atoms with Gasteiger partial charge in [0.15, 0.2) is 5.96 Å². The van der Waals surface area contributed by atoms with Crippen molar-refractivity contribution < 1.29 is 9.53 Å². The average molecular weight is 481 g/mol. The highest BCUT2D eigenvalue weighted by atomic mass is 127. The van der Waals surface area contributed by atoms with Crippen molar-refractivity contribution in [3.05, 3.63) is 71.3 Å². The first-order valence-electron chi connectivity index (χ1n) is 8.63. The molecule has 0 aliphatic rings. The van der Waals surface area contributed by atoms with E-state index >= 15 is 0 Å². The molecular formula is C21H28IN3O2. The summed E-state index contributed by atoms with van der Waals surface area (Å²) in [4.78, 5) is 15.7. The van der Waals surface area contributed by atoms with E-state index in [2.05, 4.69) is 53.7 Å². The lowest BCUT2D eigenvalue weighted by atomic mass is 9.85. The number of nitrogens with one attached hydrogen (secondary N) is 2. The molecule has 2 aromatic rings. The van der Waals surface area contributed by atoms with Crippen LogP contribution in [0.5, 0.6) is 0 Å². The molecule has 2 aromatic carbocycles. The number of halogens is 1. The molecule has 146 valence electrons. The summed E-state index contributed by atoms with van der Waals surface area (Å²) in [6.07, 6.45) is 0. The van der Waals surface area contributed by atoms with Crippen LogP contribution in [0.3, 0.4) is 0 Å². The number of rotatable bonds is 6. The van der Waals surface area contributed by atoms with Crippen LogP contribution in [0.2, 0.25) is 0 Å². The Kier molecular flexibility index (Phi) is 9.28. The number of nitrogens with zero attached hydrogens (tertiary/aromatic N) is 1. The number of carbonyl (C=O) groups is 1. The van der Waals surface area contributed by atoms with E-state index in [1.54, 1.807) is 19.2 Å². The first-order valence-corrected chi connectivity index (χ1v) is 8.63. The van der Waals surface area contributed by atoms with Crippen molar-refractivity contribution in [1.29, 1.82) is 0 Å². The van der Waals surface area contributed by atoms with Gasteiger partial charge in [0.05, 0.1) is 12.7 Å². The third-order valence-electron chi connectivity index (χ3n) is 4.31. The number of hydrogen-bond acceptors (Lipinski definition) is 3. The van der Waals surface area contributed by atoms with Gasteiger partial charge in [0, 0.05) is 25.6 Å². The summed E-state index contributed by atoms with van der Waals surface area (Å²) in [6, 6.07) is 17.8. The lowest BCUT2D eigenvalue weighted by Crippen LogP contribution is -2.43. The van der Waals surface area contributed by atoms with E-state index in [9.17, 15) is 4.79 Å². The molecule has 0 amide bonds. The van der Waals surface area contributed by atoms with Gasteiger partial charge in [-0.15, -0.1) is 24.0 Å². The van der Waals surface area contributed by atoms with Crippen LogP contribution in [0, 0.1) is 0 Å². The fourth-order valence-corrected chi connectivity index (χ4v) is 2.58. The average Bonchev–Trinajstić information content (AvgIpc) is 2.68. The summed E-state index contributed by atoms with van der Waals surface area (Å²) >= 11 is 0. The number of aliphatic imine (C=N–C) groups is 1. The highest BCUT2D eigenvalue weighted by Crippen LogP contribution is 2.21. The van der Waals surface area contributed by atoms with Crippen molar-refractivity contribution in [3.63, 3.8) is 0 Å². The Balaban J connectivity index is 0.00000364. The van der Waals surface area contributed by atoms with Crippen molar-refractivity contribution in [2.75, 3.05) is 20.7 Å². The Bertz CT molecular complexity index is 744. The Labute approximate surface area is 178 Å². The van der Waals surface area contributed by atoms with Gasteiger partial charge in [-0.25, -0.2) is 4.79 Å². The number of methoxy groups -OCH3 is 1. The Morgan fingerprint density at radius 3 is 2.22 bits per heavy atom. The molecule has 0 aromatic heterocycles. The van der Waals surface area contributed by atoms with Crippen LogP contribution < -0.4 is 10.6 Å². The molecule has 27 heavy (non-hydrogen) atoms. The largest absolute Gasteiger partial charge is 0.465 e. The summed E-state index contributed by atoms with van der Waals surface area (Å²) in [7, 11) is 3.13.